The lowest BCUT2D eigenvalue weighted by atomic mass is 9.83. The molecule has 1 aliphatic carbocycles. The van der Waals surface area contributed by atoms with Crippen molar-refractivity contribution >= 4 is 22.8 Å². The Hall–Kier alpha value is -1.98. The summed E-state index contributed by atoms with van der Waals surface area (Å²) in [5.74, 6) is 0.618. The van der Waals surface area contributed by atoms with Crippen molar-refractivity contribution in [1.82, 2.24) is 10.3 Å². The number of nitrogens with zero attached hydrogens (tertiary/aromatic N) is 1. The van der Waals surface area contributed by atoms with Gasteiger partial charge in [0.2, 0.25) is 0 Å². The van der Waals surface area contributed by atoms with E-state index in [1.165, 1.54) is 43.2 Å². The van der Waals surface area contributed by atoms with E-state index in [9.17, 15) is 4.79 Å². The standard InChI is InChI=1S/C29H40N2O2S/c1-19(2)21-16-22(18-23(17-21)29(3,4)5)26-25(15-20-9-7-6-8-10-20)31-28(34-26)27(32)30-24-11-13-33-14-12-24/h16-18,20,24H,1,6-15H2,2-5H3,(H,30,32). The summed E-state index contributed by atoms with van der Waals surface area (Å²) in [5.41, 5.74) is 5.79. The summed E-state index contributed by atoms with van der Waals surface area (Å²) >= 11 is 1.55. The molecule has 0 radical (unpaired) electrons. The lowest BCUT2D eigenvalue weighted by molar-refractivity contribution is 0.0696. The monoisotopic (exact) mass is 480 g/mol. The molecule has 0 spiro atoms. The first-order valence-corrected chi connectivity index (χ1v) is 13.7. The van der Waals surface area contributed by atoms with E-state index in [4.69, 9.17) is 9.72 Å². The van der Waals surface area contributed by atoms with Gasteiger partial charge >= 0.3 is 0 Å². The van der Waals surface area contributed by atoms with Crippen LogP contribution in [-0.2, 0) is 16.6 Å². The van der Waals surface area contributed by atoms with Crippen LogP contribution in [-0.4, -0.2) is 30.1 Å². The summed E-state index contributed by atoms with van der Waals surface area (Å²) in [5, 5.41) is 3.80. The minimum atomic E-state index is -0.0415. The number of thiazole rings is 1. The summed E-state index contributed by atoms with van der Waals surface area (Å²) < 4.78 is 5.45. The van der Waals surface area contributed by atoms with Crippen molar-refractivity contribution in [1.29, 1.82) is 0 Å². The second-order valence-electron chi connectivity index (χ2n) is 11.2. The van der Waals surface area contributed by atoms with Crippen molar-refractivity contribution in [3.8, 4) is 10.4 Å². The molecule has 5 heteroatoms. The number of hydrogen-bond acceptors (Lipinski definition) is 4. The summed E-state index contributed by atoms with van der Waals surface area (Å²) in [7, 11) is 0. The van der Waals surface area contributed by atoms with E-state index < -0.39 is 0 Å². The molecule has 1 aromatic heterocycles. The third-order valence-corrected chi connectivity index (χ3v) is 8.35. The minimum absolute atomic E-state index is 0.0255. The van der Waals surface area contributed by atoms with E-state index in [1.54, 1.807) is 11.3 Å². The highest BCUT2D eigenvalue weighted by Gasteiger charge is 2.25. The molecule has 2 aliphatic rings. The first kappa shape index (κ1) is 25.1. The molecule has 1 amide bonds. The van der Waals surface area contributed by atoms with E-state index in [0.29, 0.717) is 24.1 Å². The largest absolute Gasteiger partial charge is 0.381 e. The molecule has 1 aliphatic heterocycles. The Morgan fingerprint density at radius 2 is 1.82 bits per heavy atom. The molecule has 4 nitrogen and oxygen atoms in total. The van der Waals surface area contributed by atoms with E-state index >= 15 is 0 Å². The number of carbonyl (C=O) groups is 1. The number of amides is 1. The van der Waals surface area contributed by atoms with Gasteiger partial charge in [-0.3, -0.25) is 4.79 Å². The van der Waals surface area contributed by atoms with Crippen LogP contribution < -0.4 is 5.32 Å². The normalized spacial score (nSPS) is 18.1. The van der Waals surface area contributed by atoms with Crippen LogP contribution in [0.25, 0.3) is 16.0 Å². The number of hydrogen-bond donors (Lipinski definition) is 1. The van der Waals surface area contributed by atoms with Gasteiger partial charge in [0.05, 0.1) is 10.6 Å². The fraction of sp³-hybridized carbons (Fsp3) is 0.586. The number of ether oxygens (including phenoxy) is 1. The highest BCUT2D eigenvalue weighted by atomic mass is 32.1. The minimum Gasteiger partial charge on any atom is -0.381 e. The summed E-state index contributed by atoms with van der Waals surface area (Å²) in [4.78, 5) is 19.3. The maximum atomic E-state index is 13.2. The van der Waals surface area contributed by atoms with Gasteiger partial charge in [-0.15, -0.1) is 11.3 Å². The molecular formula is C29H40N2O2S. The summed E-state index contributed by atoms with van der Waals surface area (Å²) in [6.45, 7) is 14.4. The fourth-order valence-corrected chi connectivity index (χ4v) is 5.99. The lowest BCUT2D eigenvalue weighted by Gasteiger charge is -2.23. The molecule has 4 rings (SSSR count). The van der Waals surface area contributed by atoms with Gasteiger partial charge in [0.1, 0.15) is 0 Å². The van der Waals surface area contributed by atoms with Crippen LogP contribution in [0.3, 0.4) is 0 Å². The maximum Gasteiger partial charge on any atom is 0.280 e. The zero-order chi connectivity index (χ0) is 24.3. The molecule has 0 bridgehead atoms. The van der Waals surface area contributed by atoms with Crippen molar-refractivity contribution in [2.75, 3.05) is 13.2 Å². The van der Waals surface area contributed by atoms with Crippen LogP contribution in [0.5, 0.6) is 0 Å². The third-order valence-electron chi connectivity index (χ3n) is 7.21. The SMILES string of the molecule is C=C(C)c1cc(-c2sc(C(=O)NC3CCOCC3)nc2CC2CCCCC2)cc(C(C)(C)C)c1. The Balaban J connectivity index is 1.71. The molecule has 2 heterocycles. The number of nitrogens with one attached hydrogen (secondary N) is 1. The highest BCUT2D eigenvalue weighted by Crippen LogP contribution is 2.38. The molecular weight excluding hydrogens is 440 g/mol. The molecule has 2 fully saturated rings. The number of rotatable bonds is 6. The van der Waals surface area contributed by atoms with Gasteiger partial charge in [-0.25, -0.2) is 4.98 Å². The van der Waals surface area contributed by atoms with Crippen LogP contribution in [0.4, 0.5) is 0 Å². The quantitative estimate of drug-likeness (QED) is 0.477. The zero-order valence-electron chi connectivity index (χ0n) is 21.3. The molecule has 1 saturated carbocycles. The van der Waals surface area contributed by atoms with Crippen LogP contribution in [0.2, 0.25) is 0 Å². The number of carbonyl (C=O) groups excluding carboxylic acids is 1. The topological polar surface area (TPSA) is 51.2 Å². The van der Waals surface area contributed by atoms with Gasteiger partial charge in [-0.1, -0.05) is 71.1 Å². The van der Waals surface area contributed by atoms with Gasteiger partial charge < -0.3 is 10.1 Å². The van der Waals surface area contributed by atoms with Crippen molar-refractivity contribution < 1.29 is 9.53 Å². The first-order valence-electron chi connectivity index (χ1n) is 12.9. The zero-order valence-corrected chi connectivity index (χ0v) is 22.2. The summed E-state index contributed by atoms with van der Waals surface area (Å²) in [6, 6.07) is 6.96. The van der Waals surface area contributed by atoms with Gasteiger partial charge in [-0.05, 0) is 66.3 Å². The van der Waals surface area contributed by atoms with Crippen molar-refractivity contribution in [3.05, 3.63) is 46.6 Å². The second-order valence-corrected chi connectivity index (χ2v) is 12.2. The predicted molar refractivity (Wildman–Crippen MR) is 143 cm³/mol. The molecule has 184 valence electrons. The average molecular weight is 481 g/mol. The van der Waals surface area contributed by atoms with Crippen LogP contribution in [0.15, 0.2) is 24.8 Å². The van der Waals surface area contributed by atoms with Crippen LogP contribution in [0, 0.1) is 5.92 Å². The Kier molecular flexibility index (Phi) is 7.94. The van der Waals surface area contributed by atoms with Gasteiger partial charge in [0, 0.05) is 19.3 Å². The van der Waals surface area contributed by atoms with E-state index in [2.05, 4.69) is 57.8 Å². The Morgan fingerprint density at radius 1 is 1.12 bits per heavy atom. The molecule has 1 N–H and O–H groups in total. The van der Waals surface area contributed by atoms with Crippen molar-refractivity contribution in [2.45, 2.75) is 90.5 Å². The van der Waals surface area contributed by atoms with Crippen LogP contribution >= 0.6 is 11.3 Å². The lowest BCUT2D eigenvalue weighted by Crippen LogP contribution is -2.38. The number of benzene rings is 1. The third kappa shape index (κ3) is 6.17. The average Bonchev–Trinajstić information content (AvgIpc) is 3.23. The first-order chi connectivity index (χ1) is 16.2. The Bertz CT molecular complexity index is 1020. The number of aromatic nitrogens is 1. The fourth-order valence-electron chi connectivity index (χ4n) is 5.00. The molecule has 2 aromatic rings. The molecule has 0 atom stereocenters. The Morgan fingerprint density at radius 3 is 2.47 bits per heavy atom. The second kappa shape index (κ2) is 10.7. The van der Waals surface area contributed by atoms with Crippen molar-refractivity contribution in [3.63, 3.8) is 0 Å². The Labute approximate surface area is 209 Å². The van der Waals surface area contributed by atoms with E-state index in [-0.39, 0.29) is 17.4 Å². The molecule has 1 aromatic carbocycles. The molecule has 34 heavy (non-hydrogen) atoms. The highest BCUT2D eigenvalue weighted by molar-refractivity contribution is 7.17. The molecule has 1 saturated heterocycles. The maximum absolute atomic E-state index is 13.2. The predicted octanol–water partition coefficient (Wildman–Crippen LogP) is 7.17. The van der Waals surface area contributed by atoms with Gasteiger partial charge in [0.25, 0.3) is 5.91 Å². The van der Waals surface area contributed by atoms with Crippen LogP contribution in [0.1, 0.15) is 99.3 Å². The van der Waals surface area contributed by atoms with Gasteiger partial charge in [-0.2, -0.15) is 0 Å². The smallest absolute Gasteiger partial charge is 0.280 e. The summed E-state index contributed by atoms with van der Waals surface area (Å²) in [6.07, 6.45) is 9.18. The van der Waals surface area contributed by atoms with E-state index in [1.807, 2.05) is 0 Å². The van der Waals surface area contributed by atoms with Gasteiger partial charge in [0.15, 0.2) is 5.01 Å². The van der Waals surface area contributed by atoms with E-state index in [0.717, 1.165) is 41.0 Å². The number of allylic oxidation sites excluding steroid dienone is 1. The van der Waals surface area contributed by atoms with Crippen molar-refractivity contribution in [2.24, 2.45) is 5.92 Å². The molecule has 0 unspecified atom stereocenters.